The van der Waals surface area contributed by atoms with Gasteiger partial charge in [-0.1, -0.05) is 0 Å². The first-order valence-corrected chi connectivity index (χ1v) is 5.34. The van der Waals surface area contributed by atoms with Crippen LogP contribution < -0.4 is 0 Å². The molecule has 0 aromatic carbocycles. The van der Waals surface area contributed by atoms with Crippen molar-refractivity contribution < 1.29 is 4.79 Å². The molecule has 0 radical (unpaired) electrons. The Morgan fingerprint density at radius 3 is 3.00 bits per heavy atom. The van der Waals surface area contributed by atoms with Crippen molar-refractivity contribution in [1.29, 1.82) is 5.26 Å². The number of rotatable bonds is 1. The van der Waals surface area contributed by atoms with Gasteiger partial charge >= 0.3 is 0 Å². The molecule has 1 aromatic heterocycles. The number of hydrogen-bond donors (Lipinski definition) is 0. The van der Waals surface area contributed by atoms with Crippen LogP contribution in [0, 0.1) is 18.3 Å². The Bertz CT molecular complexity index is 457. The van der Waals surface area contributed by atoms with Crippen molar-refractivity contribution in [2.24, 2.45) is 7.05 Å². The highest BCUT2D eigenvalue weighted by Gasteiger charge is 2.30. The predicted molar refractivity (Wildman–Crippen MR) is 57.6 cm³/mol. The standard InChI is InChI=1S/C11H14N4O/c1-8-10(7-14(2)13-8)11(16)15-5-3-4-9(15)6-12/h7,9H,3-5H2,1-2H3. The van der Waals surface area contributed by atoms with Crippen LogP contribution in [0.25, 0.3) is 0 Å². The number of amides is 1. The van der Waals surface area contributed by atoms with E-state index in [-0.39, 0.29) is 11.9 Å². The Hall–Kier alpha value is -1.83. The van der Waals surface area contributed by atoms with Crippen LogP contribution in [0.5, 0.6) is 0 Å². The van der Waals surface area contributed by atoms with Gasteiger partial charge < -0.3 is 4.90 Å². The first kappa shape index (κ1) is 10.7. The van der Waals surface area contributed by atoms with Crippen LogP contribution in [-0.4, -0.2) is 33.2 Å². The Kier molecular flexibility index (Phi) is 2.65. The average Bonchev–Trinajstić information content (AvgIpc) is 2.83. The van der Waals surface area contributed by atoms with E-state index < -0.39 is 0 Å². The van der Waals surface area contributed by atoms with Crippen LogP contribution >= 0.6 is 0 Å². The lowest BCUT2D eigenvalue weighted by atomic mass is 10.2. The third kappa shape index (κ3) is 1.67. The largest absolute Gasteiger partial charge is 0.323 e. The summed E-state index contributed by atoms with van der Waals surface area (Å²) in [5.74, 6) is -0.0744. The quantitative estimate of drug-likeness (QED) is 0.702. The lowest BCUT2D eigenvalue weighted by molar-refractivity contribution is 0.0764. The SMILES string of the molecule is Cc1nn(C)cc1C(=O)N1CCCC1C#N. The summed E-state index contributed by atoms with van der Waals surface area (Å²) in [6.45, 7) is 2.48. The second-order valence-corrected chi connectivity index (χ2v) is 4.09. The first-order valence-electron chi connectivity index (χ1n) is 5.34. The number of nitriles is 1. The maximum atomic E-state index is 12.2. The molecule has 2 heterocycles. The van der Waals surface area contributed by atoms with Crippen molar-refractivity contribution in [2.75, 3.05) is 6.54 Å². The molecule has 5 nitrogen and oxygen atoms in total. The second-order valence-electron chi connectivity index (χ2n) is 4.09. The Labute approximate surface area is 94.3 Å². The maximum Gasteiger partial charge on any atom is 0.258 e. The molecule has 84 valence electrons. The predicted octanol–water partition coefficient (Wildman–Crippen LogP) is 0.857. The van der Waals surface area contributed by atoms with Gasteiger partial charge in [0.05, 0.1) is 17.3 Å². The van der Waals surface area contributed by atoms with E-state index in [1.807, 2.05) is 6.92 Å². The highest BCUT2D eigenvalue weighted by molar-refractivity contribution is 5.95. The van der Waals surface area contributed by atoms with Gasteiger partial charge in [0.25, 0.3) is 5.91 Å². The second kappa shape index (κ2) is 3.97. The fourth-order valence-electron chi connectivity index (χ4n) is 2.11. The van der Waals surface area contributed by atoms with Gasteiger partial charge in [-0.3, -0.25) is 9.48 Å². The van der Waals surface area contributed by atoms with Crippen LogP contribution in [-0.2, 0) is 7.05 Å². The summed E-state index contributed by atoms with van der Waals surface area (Å²) in [5, 5.41) is 13.1. The molecule has 1 aliphatic heterocycles. The Morgan fingerprint density at radius 2 is 2.44 bits per heavy atom. The molecule has 0 aliphatic carbocycles. The number of aromatic nitrogens is 2. The molecule has 1 aromatic rings. The normalized spacial score (nSPS) is 19.8. The van der Waals surface area contributed by atoms with Gasteiger partial charge in [-0.25, -0.2) is 0 Å². The lowest BCUT2D eigenvalue weighted by Gasteiger charge is -2.18. The third-order valence-electron chi connectivity index (χ3n) is 2.91. The molecule has 2 rings (SSSR count). The fourth-order valence-corrected chi connectivity index (χ4v) is 2.11. The monoisotopic (exact) mass is 218 g/mol. The summed E-state index contributed by atoms with van der Waals surface area (Å²) in [6, 6.07) is 1.90. The van der Waals surface area contributed by atoms with E-state index in [0.29, 0.717) is 12.1 Å². The van der Waals surface area contributed by atoms with Gasteiger partial charge in [-0.05, 0) is 19.8 Å². The zero-order valence-corrected chi connectivity index (χ0v) is 9.47. The molecule has 1 aliphatic rings. The van der Waals surface area contributed by atoms with Crippen LogP contribution in [0.2, 0.25) is 0 Å². The van der Waals surface area contributed by atoms with Crippen molar-refractivity contribution in [1.82, 2.24) is 14.7 Å². The van der Waals surface area contributed by atoms with Crippen LogP contribution in [0.3, 0.4) is 0 Å². The number of hydrogen-bond acceptors (Lipinski definition) is 3. The molecule has 0 N–H and O–H groups in total. The van der Waals surface area contributed by atoms with Crippen LogP contribution in [0.1, 0.15) is 28.9 Å². The highest BCUT2D eigenvalue weighted by atomic mass is 16.2. The van der Waals surface area contributed by atoms with Crippen molar-refractivity contribution in [2.45, 2.75) is 25.8 Å². The summed E-state index contributed by atoms with van der Waals surface area (Å²) in [6.07, 6.45) is 3.40. The molecule has 0 saturated carbocycles. The number of nitrogens with zero attached hydrogens (tertiary/aromatic N) is 4. The van der Waals surface area contributed by atoms with E-state index in [4.69, 9.17) is 5.26 Å². The van der Waals surface area contributed by atoms with Gasteiger partial charge in [0.15, 0.2) is 0 Å². The van der Waals surface area contributed by atoms with E-state index in [0.717, 1.165) is 18.5 Å². The summed E-state index contributed by atoms with van der Waals surface area (Å²) in [5.41, 5.74) is 1.32. The van der Waals surface area contributed by atoms with Crippen molar-refractivity contribution in [3.8, 4) is 6.07 Å². The minimum Gasteiger partial charge on any atom is -0.323 e. The topological polar surface area (TPSA) is 61.9 Å². The smallest absolute Gasteiger partial charge is 0.258 e. The van der Waals surface area contributed by atoms with Crippen molar-refractivity contribution >= 4 is 5.91 Å². The Balaban J connectivity index is 2.26. The molecule has 16 heavy (non-hydrogen) atoms. The fraction of sp³-hybridized carbons (Fsp3) is 0.545. The zero-order valence-electron chi connectivity index (χ0n) is 9.47. The number of likely N-dealkylation sites (tertiary alicyclic amines) is 1. The molecule has 0 bridgehead atoms. The maximum absolute atomic E-state index is 12.2. The minimum absolute atomic E-state index is 0.0744. The first-order chi connectivity index (χ1) is 7.63. The van der Waals surface area contributed by atoms with Crippen molar-refractivity contribution in [3.63, 3.8) is 0 Å². The van der Waals surface area contributed by atoms with E-state index in [9.17, 15) is 4.79 Å². The zero-order chi connectivity index (χ0) is 11.7. The van der Waals surface area contributed by atoms with Gasteiger partial charge in [0, 0.05) is 19.8 Å². The van der Waals surface area contributed by atoms with E-state index >= 15 is 0 Å². The number of aryl methyl sites for hydroxylation is 2. The number of carbonyl (C=O) groups excluding carboxylic acids is 1. The molecular formula is C11H14N4O. The molecule has 1 atom stereocenters. The minimum atomic E-state index is -0.271. The van der Waals surface area contributed by atoms with E-state index in [2.05, 4.69) is 11.2 Å². The van der Waals surface area contributed by atoms with E-state index in [1.54, 1.807) is 22.8 Å². The summed E-state index contributed by atoms with van der Waals surface area (Å²) in [7, 11) is 1.79. The average molecular weight is 218 g/mol. The molecular weight excluding hydrogens is 204 g/mol. The van der Waals surface area contributed by atoms with Gasteiger partial charge in [0.1, 0.15) is 6.04 Å². The summed E-state index contributed by atoms with van der Waals surface area (Å²) in [4.78, 5) is 13.8. The van der Waals surface area contributed by atoms with Gasteiger partial charge in [-0.15, -0.1) is 0 Å². The molecule has 1 fully saturated rings. The lowest BCUT2D eigenvalue weighted by Crippen LogP contribution is -2.34. The molecule has 0 spiro atoms. The van der Waals surface area contributed by atoms with E-state index in [1.165, 1.54) is 0 Å². The Morgan fingerprint density at radius 1 is 1.69 bits per heavy atom. The molecule has 1 unspecified atom stereocenters. The highest BCUT2D eigenvalue weighted by Crippen LogP contribution is 2.20. The van der Waals surface area contributed by atoms with Crippen molar-refractivity contribution in [3.05, 3.63) is 17.5 Å². The third-order valence-corrected chi connectivity index (χ3v) is 2.91. The summed E-state index contributed by atoms with van der Waals surface area (Å²) >= 11 is 0. The van der Waals surface area contributed by atoms with Gasteiger partial charge in [-0.2, -0.15) is 10.4 Å². The molecule has 1 saturated heterocycles. The summed E-state index contributed by atoms with van der Waals surface area (Å²) < 4.78 is 1.63. The molecule has 1 amide bonds. The number of carbonyl (C=O) groups is 1. The molecule has 5 heteroatoms. The van der Waals surface area contributed by atoms with Crippen LogP contribution in [0.15, 0.2) is 6.20 Å². The van der Waals surface area contributed by atoms with Gasteiger partial charge in [0.2, 0.25) is 0 Å². The van der Waals surface area contributed by atoms with Crippen LogP contribution in [0.4, 0.5) is 0 Å².